The van der Waals surface area contributed by atoms with Crippen LogP contribution in [0.2, 0.25) is 16.6 Å². The molecule has 52 heavy (non-hydrogen) atoms. The highest BCUT2D eigenvalue weighted by molar-refractivity contribution is 6.77. The first-order chi connectivity index (χ1) is 25.1. The van der Waals surface area contributed by atoms with E-state index in [-0.39, 0.29) is 26.4 Å². The summed E-state index contributed by atoms with van der Waals surface area (Å²) < 4.78 is 44.8. The first-order valence-electron chi connectivity index (χ1n) is 18.7. The molecule has 3 aromatic rings. The molecule has 2 heterocycles. The molecule has 3 aromatic carbocycles. The van der Waals surface area contributed by atoms with Crippen LogP contribution in [0.3, 0.4) is 0 Å². The zero-order chi connectivity index (χ0) is 37.1. The van der Waals surface area contributed by atoms with Crippen LogP contribution >= 0.6 is 0 Å². The fraction of sp³-hybridized carbons (Fsp3) is 0.524. The maximum absolute atomic E-state index is 11.9. The Balaban J connectivity index is 1.35. The van der Waals surface area contributed by atoms with E-state index in [0.717, 1.165) is 16.7 Å². The zero-order valence-corrected chi connectivity index (χ0v) is 32.5. The molecular weight excluding hydrogens is 677 g/mol. The maximum atomic E-state index is 11.9. The summed E-state index contributed by atoms with van der Waals surface area (Å²) in [7, 11) is -2.21. The number of aliphatic hydroxyl groups excluding tert-OH is 2. The molecule has 0 saturated carbocycles. The van der Waals surface area contributed by atoms with Gasteiger partial charge in [0.2, 0.25) is 8.32 Å². The summed E-state index contributed by atoms with van der Waals surface area (Å²) in [4.78, 5) is 0. The quantitative estimate of drug-likeness (QED) is 0.130. The van der Waals surface area contributed by atoms with Crippen LogP contribution in [0.1, 0.15) is 58.2 Å². The van der Waals surface area contributed by atoms with Crippen LogP contribution in [0, 0.1) is 0 Å². The van der Waals surface area contributed by atoms with Gasteiger partial charge in [-0.05, 0) is 39.4 Å². The van der Waals surface area contributed by atoms with Gasteiger partial charge in [0.1, 0.15) is 42.7 Å². The fourth-order valence-corrected chi connectivity index (χ4v) is 13.2. The van der Waals surface area contributed by atoms with Gasteiger partial charge in [-0.1, -0.05) is 133 Å². The van der Waals surface area contributed by atoms with Gasteiger partial charge in [-0.3, -0.25) is 0 Å². The molecule has 0 bridgehead atoms. The summed E-state index contributed by atoms with van der Waals surface area (Å²) in [6.07, 6.45) is -4.01. The van der Waals surface area contributed by atoms with Crippen LogP contribution in [0.25, 0.3) is 0 Å². The topological polar surface area (TPSA) is 105 Å². The lowest BCUT2D eigenvalue weighted by atomic mass is 9.97. The Hall–Kier alpha value is -2.90. The second-order valence-electron chi connectivity index (χ2n) is 14.8. The number of rotatable bonds is 18. The molecule has 1 saturated heterocycles. The second kappa shape index (κ2) is 19.4. The number of benzene rings is 3. The Morgan fingerprint density at radius 1 is 0.615 bits per heavy atom. The third-order valence-electron chi connectivity index (χ3n) is 10.3. The molecule has 284 valence electrons. The standard InChI is InChI=1S/C42H58O9Si/c1-29(2)52(30(3)4,31(5)6)49-28-36-38(43)35(22-23-46-36)50-42-39(44)41(48-26-34-20-14-9-15-21-34)40(47-25-33-18-12-8-13-19-33)37(51-42)27-45-24-32-16-10-7-11-17-32/h7-23,29-31,35-44H,24-28H2,1-6H3/t35?,36?,37?,38?,39?,40-,41+,42-/m1/s1. The zero-order valence-electron chi connectivity index (χ0n) is 31.5. The predicted octanol–water partition coefficient (Wildman–Crippen LogP) is 7.31. The monoisotopic (exact) mass is 734 g/mol. The third-order valence-corrected chi connectivity index (χ3v) is 16.4. The Morgan fingerprint density at radius 2 is 1.12 bits per heavy atom. The first-order valence-corrected chi connectivity index (χ1v) is 20.8. The van der Waals surface area contributed by atoms with Gasteiger partial charge < -0.3 is 43.1 Å². The van der Waals surface area contributed by atoms with Crippen molar-refractivity contribution in [3.63, 3.8) is 0 Å². The second-order valence-corrected chi connectivity index (χ2v) is 20.2. The van der Waals surface area contributed by atoms with Crippen molar-refractivity contribution in [2.75, 3.05) is 13.2 Å². The van der Waals surface area contributed by atoms with Crippen LogP contribution in [0.4, 0.5) is 0 Å². The molecular formula is C42H58O9Si. The molecule has 0 spiro atoms. The summed E-state index contributed by atoms with van der Waals surface area (Å²) in [6, 6.07) is 29.5. The number of hydrogen-bond acceptors (Lipinski definition) is 9. The van der Waals surface area contributed by atoms with Crippen LogP contribution in [0.5, 0.6) is 0 Å². The molecule has 9 nitrogen and oxygen atoms in total. The van der Waals surface area contributed by atoms with Crippen molar-refractivity contribution in [2.24, 2.45) is 0 Å². The molecule has 10 heteroatoms. The van der Waals surface area contributed by atoms with Crippen molar-refractivity contribution >= 4 is 8.32 Å². The van der Waals surface area contributed by atoms with E-state index in [1.807, 2.05) is 91.0 Å². The van der Waals surface area contributed by atoms with E-state index in [0.29, 0.717) is 23.2 Å². The Labute approximate surface area is 310 Å². The van der Waals surface area contributed by atoms with Crippen molar-refractivity contribution in [1.29, 1.82) is 0 Å². The molecule has 2 aliphatic heterocycles. The predicted molar refractivity (Wildman–Crippen MR) is 203 cm³/mol. The minimum Gasteiger partial charge on any atom is -0.493 e. The normalized spacial score (nSPS) is 26.6. The SMILES string of the molecule is CC(C)[Si](OCC1OC=CC(O[C@@H]2OC(COCc3ccccc3)[C@@H](OCc3ccccc3)[C@@H](OCc3ccccc3)C2O)C1O)(C(C)C)C(C)C. The van der Waals surface area contributed by atoms with Gasteiger partial charge in [-0.2, -0.15) is 0 Å². The van der Waals surface area contributed by atoms with Crippen LogP contribution < -0.4 is 0 Å². The summed E-state index contributed by atoms with van der Waals surface area (Å²) in [5.41, 5.74) is 4.09. The van der Waals surface area contributed by atoms with Crippen molar-refractivity contribution < 1.29 is 43.1 Å². The largest absolute Gasteiger partial charge is 0.493 e. The van der Waals surface area contributed by atoms with Gasteiger partial charge in [-0.15, -0.1) is 0 Å². The summed E-state index contributed by atoms with van der Waals surface area (Å²) >= 11 is 0. The molecule has 0 radical (unpaired) electrons. The first kappa shape index (κ1) is 40.3. The van der Waals surface area contributed by atoms with Crippen molar-refractivity contribution in [3.8, 4) is 0 Å². The minimum atomic E-state index is -2.21. The Kier molecular flexibility index (Phi) is 15.1. The summed E-state index contributed by atoms with van der Waals surface area (Å²) in [6.45, 7) is 14.6. The lowest BCUT2D eigenvalue weighted by molar-refractivity contribution is -0.330. The lowest BCUT2D eigenvalue weighted by Gasteiger charge is -2.46. The average molecular weight is 735 g/mol. The van der Waals surface area contributed by atoms with Crippen molar-refractivity contribution in [3.05, 3.63) is 120 Å². The van der Waals surface area contributed by atoms with Crippen molar-refractivity contribution in [1.82, 2.24) is 0 Å². The van der Waals surface area contributed by atoms with E-state index >= 15 is 0 Å². The molecule has 0 aliphatic carbocycles. The minimum absolute atomic E-state index is 0.154. The smallest absolute Gasteiger partial charge is 0.200 e. The van der Waals surface area contributed by atoms with E-state index in [4.69, 9.17) is 32.8 Å². The Bertz CT molecular complexity index is 1450. The van der Waals surface area contributed by atoms with E-state index in [1.165, 1.54) is 0 Å². The average Bonchev–Trinajstić information content (AvgIpc) is 3.14. The highest BCUT2D eigenvalue weighted by Crippen LogP contribution is 2.42. The van der Waals surface area contributed by atoms with E-state index in [9.17, 15) is 10.2 Å². The van der Waals surface area contributed by atoms with Gasteiger partial charge in [0.15, 0.2) is 6.29 Å². The molecule has 5 unspecified atom stereocenters. The molecule has 2 N–H and O–H groups in total. The van der Waals surface area contributed by atoms with Crippen molar-refractivity contribution in [2.45, 2.75) is 127 Å². The molecule has 0 amide bonds. The maximum Gasteiger partial charge on any atom is 0.200 e. The fourth-order valence-electron chi connectivity index (χ4n) is 7.71. The number of ether oxygens (including phenoxy) is 6. The van der Waals surface area contributed by atoms with Crippen LogP contribution in [0.15, 0.2) is 103 Å². The lowest BCUT2D eigenvalue weighted by Crippen LogP contribution is -2.62. The highest BCUT2D eigenvalue weighted by atomic mass is 28.4. The van der Waals surface area contributed by atoms with Crippen LogP contribution in [-0.2, 0) is 52.7 Å². The number of aliphatic hydroxyl groups is 2. The molecule has 8 atom stereocenters. The van der Waals surface area contributed by atoms with Gasteiger partial charge in [-0.25, -0.2) is 0 Å². The molecule has 5 rings (SSSR count). The third kappa shape index (κ3) is 10.2. The molecule has 2 aliphatic rings. The van der Waals surface area contributed by atoms with Crippen LogP contribution in [-0.4, -0.2) is 80.8 Å². The molecule has 0 aromatic heterocycles. The van der Waals surface area contributed by atoms with Gasteiger partial charge in [0, 0.05) is 0 Å². The van der Waals surface area contributed by atoms with Gasteiger partial charge in [0.05, 0.1) is 39.3 Å². The van der Waals surface area contributed by atoms with E-state index in [1.54, 1.807) is 12.3 Å². The summed E-state index contributed by atoms with van der Waals surface area (Å²) in [5.74, 6) is 0. The molecule has 1 fully saturated rings. The Morgan fingerprint density at radius 3 is 1.63 bits per heavy atom. The summed E-state index contributed by atoms with van der Waals surface area (Å²) in [5, 5.41) is 23.5. The number of hydrogen-bond donors (Lipinski definition) is 2. The van der Waals surface area contributed by atoms with Gasteiger partial charge >= 0.3 is 0 Å². The highest BCUT2D eigenvalue weighted by Gasteiger charge is 2.50. The van der Waals surface area contributed by atoms with Gasteiger partial charge in [0.25, 0.3) is 0 Å². The van der Waals surface area contributed by atoms with E-state index < -0.39 is 57.3 Å². The van der Waals surface area contributed by atoms with E-state index in [2.05, 4.69) is 41.5 Å².